The van der Waals surface area contributed by atoms with Crippen molar-refractivity contribution in [2.75, 3.05) is 16.5 Å². The molecule has 5 nitrogen and oxygen atoms in total. The SMILES string of the molecule is CC(C)(C)c1cc(Oc2ccc3c4cc(-c5ccccc5)ccc4n(-c4cc(C(C)(C)C)ccn4)c3c2)cc(N2CN(c3cccc(C(C)(C)c4ccccc4)c3)c3cc(C(C)(C)C)ccc32)c1. The van der Waals surface area contributed by atoms with Crippen LogP contribution < -0.4 is 14.5 Å². The Hall–Kier alpha value is -7.11. The molecule has 0 atom stereocenters. The van der Waals surface area contributed by atoms with Crippen LogP contribution in [0.15, 0.2) is 176 Å². The first-order chi connectivity index (χ1) is 32.3. The molecule has 5 heteroatoms. The summed E-state index contributed by atoms with van der Waals surface area (Å²) in [5.74, 6) is 2.46. The van der Waals surface area contributed by atoms with Crippen LogP contribution in [-0.4, -0.2) is 16.2 Å². The molecule has 10 rings (SSSR count). The van der Waals surface area contributed by atoms with Gasteiger partial charge >= 0.3 is 0 Å². The molecule has 1 aliphatic rings. The fourth-order valence-electron chi connectivity index (χ4n) is 9.75. The maximum absolute atomic E-state index is 7.06. The van der Waals surface area contributed by atoms with Gasteiger partial charge in [0.05, 0.1) is 22.4 Å². The monoisotopic (exact) mass is 893 g/mol. The maximum Gasteiger partial charge on any atom is 0.137 e. The van der Waals surface area contributed by atoms with Crippen LogP contribution in [0.1, 0.15) is 104 Å². The van der Waals surface area contributed by atoms with E-state index in [9.17, 15) is 0 Å². The number of aromatic nitrogens is 2. The van der Waals surface area contributed by atoms with Crippen LogP contribution in [0.5, 0.6) is 11.5 Å². The number of hydrogen-bond donors (Lipinski definition) is 0. The first-order valence-corrected chi connectivity index (χ1v) is 24.1. The molecule has 68 heavy (non-hydrogen) atoms. The van der Waals surface area contributed by atoms with Crippen molar-refractivity contribution < 1.29 is 4.74 Å². The summed E-state index contributed by atoms with van der Waals surface area (Å²) in [5.41, 5.74) is 15.1. The van der Waals surface area contributed by atoms with Crippen LogP contribution in [0, 0.1) is 0 Å². The van der Waals surface area contributed by atoms with Crippen LogP contribution in [0.4, 0.5) is 22.7 Å². The molecule has 2 aromatic heterocycles. The van der Waals surface area contributed by atoms with Gasteiger partial charge in [-0.15, -0.1) is 0 Å². The van der Waals surface area contributed by atoms with Crippen LogP contribution in [0.2, 0.25) is 0 Å². The Morgan fingerprint density at radius 2 is 1.07 bits per heavy atom. The van der Waals surface area contributed by atoms with E-state index in [0.717, 1.165) is 39.4 Å². The summed E-state index contributed by atoms with van der Waals surface area (Å²) in [4.78, 5) is 9.93. The number of ether oxygens (including phenoxy) is 1. The molecular formula is C63H64N4O. The van der Waals surface area contributed by atoms with Gasteiger partial charge in [0.25, 0.3) is 0 Å². The number of benzene rings is 7. The lowest BCUT2D eigenvalue weighted by Gasteiger charge is -2.29. The Balaban J connectivity index is 1.08. The Morgan fingerprint density at radius 3 is 1.79 bits per heavy atom. The van der Waals surface area contributed by atoms with E-state index in [4.69, 9.17) is 9.72 Å². The first kappa shape index (κ1) is 44.7. The van der Waals surface area contributed by atoms with Crippen molar-refractivity contribution in [2.45, 2.75) is 97.8 Å². The quantitative estimate of drug-likeness (QED) is 0.152. The minimum atomic E-state index is -0.171. The van der Waals surface area contributed by atoms with Gasteiger partial charge in [-0.25, -0.2) is 4.98 Å². The number of nitrogens with zero attached hydrogens (tertiary/aromatic N) is 4. The lowest BCUT2D eigenvalue weighted by molar-refractivity contribution is 0.479. The Bertz CT molecular complexity index is 3320. The summed E-state index contributed by atoms with van der Waals surface area (Å²) in [5, 5.41) is 2.32. The second kappa shape index (κ2) is 16.6. The molecule has 0 N–H and O–H groups in total. The smallest absolute Gasteiger partial charge is 0.137 e. The van der Waals surface area contributed by atoms with E-state index in [1.54, 1.807) is 0 Å². The van der Waals surface area contributed by atoms with E-state index in [1.807, 2.05) is 6.20 Å². The predicted octanol–water partition coefficient (Wildman–Crippen LogP) is 17.1. The molecule has 1 aliphatic heterocycles. The number of rotatable bonds is 8. The third-order valence-electron chi connectivity index (χ3n) is 14.1. The third-order valence-corrected chi connectivity index (χ3v) is 14.1. The Labute approximate surface area is 403 Å². The van der Waals surface area contributed by atoms with Gasteiger partial charge in [-0.05, 0) is 128 Å². The molecule has 0 fully saturated rings. The van der Waals surface area contributed by atoms with E-state index in [-0.39, 0.29) is 21.7 Å². The van der Waals surface area contributed by atoms with E-state index in [2.05, 4.69) is 260 Å². The largest absolute Gasteiger partial charge is 0.457 e. The lowest BCUT2D eigenvalue weighted by atomic mass is 9.78. The molecule has 0 aliphatic carbocycles. The molecule has 9 aromatic rings. The number of anilines is 4. The minimum Gasteiger partial charge on any atom is -0.457 e. The number of fused-ring (bicyclic) bond motifs is 4. The molecule has 3 heterocycles. The van der Waals surface area contributed by atoms with E-state index in [0.29, 0.717) is 6.67 Å². The van der Waals surface area contributed by atoms with Crippen molar-refractivity contribution in [2.24, 2.45) is 0 Å². The van der Waals surface area contributed by atoms with Crippen molar-refractivity contribution in [3.63, 3.8) is 0 Å². The highest BCUT2D eigenvalue weighted by atomic mass is 16.5. The van der Waals surface area contributed by atoms with Gasteiger partial charge in [-0.3, -0.25) is 4.57 Å². The topological polar surface area (TPSA) is 33.5 Å². The third kappa shape index (κ3) is 8.33. The van der Waals surface area contributed by atoms with Gasteiger partial charge in [-0.2, -0.15) is 0 Å². The maximum atomic E-state index is 7.06. The highest BCUT2D eigenvalue weighted by Gasteiger charge is 2.33. The van der Waals surface area contributed by atoms with Gasteiger partial charge < -0.3 is 14.5 Å². The average Bonchev–Trinajstić information content (AvgIpc) is 3.86. The molecule has 0 radical (unpaired) electrons. The van der Waals surface area contributed by atoms with Crippen LogP contribution in [0.3, 0.4) is 0 Å². The zero-order chi connectivity index (χ0) is 47.8. The van der Waals surface area contributed by atoms with Gasteiger partial charge in [0.2, 0.25) is 0 Å². The second-order valence-electron chi connectivity index (χ2n) is 22.3. The van der Waals surface area contributed by atoms with Gasteiger partial charge in [0.15, 0.2) is 0 Å². The molecule has 0 saturated heterocycles. The summed E-state index contributed by atoms with van der Waals surface area (Å²) in [7, 11) is 0. The van der Waals surface area contributed by atoms with E-state index >= 15 is 0 Å². The number of pyridine rings is 1. The highest BCUT2D eigenvalue weighted by molar-refractivity contribution is 6.10. The summed E-state index contributed by atoms with van der Waals surface area (Å²) in [6.45, 7) is 25.8. The molecule has 7 aromatic carbocycles. The molecule has 0 amide bonds. The predicted molar refractivity (Wildman–Crippen MR) is 287 cm³/mol. The number of hydrogen-bond acceptors (Lipinski definition) is 4. The van der Waals surface area contributed by atoms with Gasteiger partial charge in [0.1, 0.15) is 24.0 Å². The minimum absolute atomic E-state index is 0.0130. The van der Waals surface area contributed by atoms with E-state index < -0.39 is 0 Å². The highest BCUT2D eigenvalue weighted by Crippen LogP contribution is 2.49. The Morgan fingerprint density at radius 1 is 0.412 bits per heavy atom. The van der Waals surface area contributed by atoms with Crippen molar-refractivity contribution in [1.82, 2.24) is 9.55 Å². The fraction of sp³-hybridized carbons (Fsp3) is 0.254. The first-order valence-electron chi connectivity index (χ1n) is 24.1. The van der Waals surface area contributed by atoms with E-state index in [1.165, 1.54) is 61.4 Å². The lowest BCUT2D eigenvalue weighted by Crippen LogP contribution is -2.25. The van der Waals surface area contributed by atoms with Crippen molar-refractivity contribution >= 4 is 44.6 Å². The molecular weight excluding hydrogens is 829 g/mol. The molecule has 0 spiro atoms. The van der Waals surface area contributed by atoms with Crippen molar-refractivity contribution in [1.29, 1.82) is 0 Å². The van der Waals surface area contributed by atoms with Crippen molar-refractivity contribution in [3.05, 3.63) is 204 Å². The average molecular weight is 893 g/mol. The summed E-state index contributed by atoms with van der Waals surface area (Å²) < 4.78 is 9.37. The van der Waals surface area contributed by atoms with Gasteiger partial charge in [0, 0.05) is 45.9 Å². The van der Waals surface area contributed by atoms with Crippen LogP contribution in [-0.2, 0) is 21.7 Å². The van der Waals surface area contributed by atoms with Crippen LogP contribution in [0.25, 0.3) is 38.8 Å². The zero-order valence-corrected chi connectivity index (χ0v) is 41.6. The van der Waals surface area contributed by atoms with Crippen LogP contribution >= 0.6 is 0 Å². The normalized spacial score (nSPS) is 13.4. The van der Waals surface area contributed by atoms with Crippen molar-refractivity contribution in [3.8, 4) is 28.4 Å². The standard InChI is InChI=1S/C63H64N4O/c1-60(2,3)45-26-30-56-58(37-45)65(49-24-18-23-47(34-49)63(10,11)44-21-16-13-17-22-44)41-66(56)50-35-48(62(7,8)9)36-52(39-50)68-51-27-28-53-54-33-43(42-19-14-12-15-20-42)25-29-55(54)67(57(53)40-51)59-38-46(31-32-64-59)61(4,5)6/h12-40H,41H2,1-11H3. The molecule has 0 saturated carbocycles. The van der Waals surface area contributed by atoms with Gasteiger partial charge in [-0.1, -0.05) is 161 Å². The Kier molecular flexibility index (Phi) is 10.9. The fourth-order valence-corrected chi connectivity index (χ4v) is 9.75. The summed E-state index contributed by atoms with van der Waals surface area (Å²) in [6.07, 6.45) is 1.94. The summed E-state index contributed by atoms with van der Waals surface area (Å²) in [6, 6.07) is 62.1. The molecule has 342 valence electrons. The summed E-state index contributed by atoms with van der Waals surface area (Å²) >= 11 is 0. The molecule has 0 unspecified atom stereocenters. The molecule has 0 bridgehead atoms. The zero-order valence-electron chi connectivity index (χ0n) is 41.6. The second-order valence-corrected chi connectivity index (χ2v) is 22.3.